The highest BCUT2D eigenvalue weighted by atomic mass is 35.5. The van der Waals surface area contributed by atoms with Crippen LogP contribution in [0.1, 0.15) is 71.0 Å². The third-order valence-electron chi connectivity index (χ3n) is 12.1. The highest BCUT2D eigenvalue weighted by molar-refractivity contribution is 8.16. The van der Waals surface area contributed by atoms with E-state index >= 15 is 0 Å². The topological polar surface area (TPSA) is 200 Å². The second-order valence-corrected chi connectivity index (χ2v) is 22.3. The molecular weight excluding hydrogens is 1110 g/mol. The standard InChI is InChI=1S/C20H17F3O5S.C19H17ClO4S.C19H17FO4S/c21-20(22,23)28-15-7-3-13(4-8-15)17(25)11-27-14-5-1-12(2-6-14)9-18-16(24)10-19(26)29-18;20-14-5-3-13(4-6-14)17(22)11-24-15-7-1-12(2-8-15)9-18-16(21)10-19(23)25-18;20-15-4-2-1-3-14(15)17(22)11-24-13-7-5-12(6-8-13)9-18-16(21)10-19(23)25-18/h1-8,17-18,25H,9-11H2;2*1-8,17-18,22H,9-11H2/t3*17-,18?/m000/s1. The lowest BCUT2D eigenvalue weighted by Gasteiger charge is -2.14. The average Bonchev–Trinajstić information content (AvgIpc) is 4.04. The van der Waals surface area contributed by atoms with Gasteiger partial charge in [0.05, 0.1) is 35.0 Å². The Balaban J connectivity index is 0.000000172. The molecule has 3 aliphatic rings. The van der Waals surface area contributed by atoms with Gasteiger partial charge in [0.1, 0.15) is 66.9 Å². The van der Waals surface area contributed by atoms with Crippen LogP contribution < -0.4 is 18.9 Å². The number of hydrogen-bond acceptors (Lipinski definition) is 16. The number of alkyl halides is 3. The minimum atomic E-state index is -4.77. The Hall–Kier alpha value is -6.52. The normalized spacial score (nSPS) is 18.3. The van der Waals surface area contributed by atoms with E-state index in [1.54, 1.807) is 84.9 Å². The van der Waals surface area contributed by atoms with Crippen LogP contribution in [-0.2, 0) is 48.0 Å². The summed E-state index contributed by atoms with van der Waals surface area (Å²) in [5.41, 5.74) is 4.12. The predicted octanol–water partition coefficient (Wildman–Crippen LogP) is 10.5. The van der Waals surface area contributed by atoms with Crippen molar-refractivity contribution in [1.29, 1.82) is 0 Å². The zero-order chi connectivity index (χ0) is 56.6. The molecule has 414 valence electrons. The lowest BCUT2D eigenvalue weighted by molar-refractivity contribution is -0.274. The summed E-state index contributed by atoms with van der Waals surface area (Å²) in [7, 11) is 0. The van der Waals surface area contributed by atoms with Crippen molar-refractivity contribution in [3.63, 3.8) is 0 Å². The summed E-state index contributed by atoms with van der Waals surface area (Å²) in [5, 5.41) is 29.8. The molecule has 0 radical (unpaired) electrons. The monoisotopic (exact) mass is 1160 g/mol. The third kappa shape index (κ3) is 19.1. The Bertz CT molecular complexity index is 3060. The van der Waals surface area contributed by atoms with Crippen molar-refractivity contribution in [2.24, 2.45) is 0 Å². The molecule has 3 fully saturated rings. The van der Waals surface area contributed by atoms with Crippen LogP contribution in [0.3, 0.4) is 0 Å². The number of Topliss-reactive ketones (excluding diaryl/α,β-unsaturated/α-hetero) is 3. The highest BCUT2D eigenvalue weighted by Crippen LogP contribution is 2.32. The van der Waals surface area contributed by atoms with Crippen LogP contribution in [0.15, 0.2) is 146 Å². The van der Waals surface area contributed by atoms with E-state index in [1.807, 2.05) is 24.3 Å². The number of carbonyl (C=O) groups excluding carboxylic acids is 6. The van der Waals surface area contributed by atoms with Gasteiger partial charge in [-0.2, -0.15) is 0 Å². The summed E-state index contributed by atoms with van der Waals surface area (Å²) in [6.07, 6.45) is -6.04. The third-order valence-corrected chi connectivity index (χ3v) is 15.7. The first kappa shape index (κ1) is 60.1. The van der Waals surface area contributed by atoms with Gasteiger partial charge in [0, 0.05) is 10.6 Å². The molecular formula is C58H51ClF4O13S3. The van der Waals surface area contributed by atoms with Crippen LogP contribution in [-0.4, -0.2) is 89.9 Å². The Kier molecular flexibility index (Phi) is 21.7. The summed E-state index contributed by atoms with van der Waals surface area (Å²) in [6.45, 7) is -0.0253. The first-order chi connectivity index (χ1) is 37.7. The molecule has 3 saturated heterocycles. The molecule has 3 unspecified atom stereocenters. The second kappa shape index (κ2) is 28.6. The largest absolute Gasteiger partial charge is 0.573 e. The number of carbonyl (C=O) groups is 6. The van der Waals surface area contributed by atoms with Gasteiger partial charge in [-0.25, -0.2) is 4.39 Å². The second-order valence-electron chi connectivity index (χ2n) is 18.1. The summed E-state index contributed by atoms with van der Waals surface area (Å²) in [4.78, 5) is 68.9. The van der Waals surface area contributed by atoms with E-state index < -0.39 is 30.5 Å². The SMILES string of the molecule is O=C1CC(=O)C(Cc2ccc(OC[C@H](O)c3ccc(Cl)cc3)cc2)S1.O=C1CC(=O)C(Cc2ccc(OC[C@H](O)c3ccc(OC(F)(F)F)cc3)cc2)S1.O=C1CC(=O)C(Cc2ccc(OC[C@H](O)c3ccccc3F)cc2)S1. The van der Waals surface area contributed by atoms with Crippen molar-refractivity contribution >= 4 is 79.6 Å². The fraction of sp³-hybridized carbons (Fsp3) is 0.276. The smallest absolute Gasteiger partial charge is 0.491 e. The van der Waals surface area contributed by atoms with Gasteiger partial charge in [0.25, 0.3) is 0 Å². The van der Waals surface area contributed by atoms with Crippen LogP contribution in [0.5, 0.6) is 23.0 Å². The van der Waals surface area contributed by atoms with Crippen molar-refractivity contribution in [2.75, 3.05) is 19.8 Å². The quantitative estimate of drug-likeness (QED) is 0.0510. The van der Waals surface area contributed by atoms with Gasteiger partial charge < -0.3 is 34.3 Å². The maximum Gasteiger partial charge on any atom is 0.573 e. The molecule has 6 aromatic rings. The lowest BCUT2D eigenvalue weighted by Crippen LogP contribution is -2.17. The first-order valence-electron chi connectivity index (χ1n) is 24.4. The summed E-state index contributed by atoms with van der Waals surface area (Å²) < 4.78 is 70.5. The molecule has 21 heteroatoms. The van der Waals surface area contributed by atoms with Crippen LogP contribution in [0.2, 0.25) is 5.02 Å². The van der Waals surface area contributed by atoms with Crippen LogP contribution in [0.25, 0.3) is 0 Å². The van der Waals surface area contributed by atoms with Crippen LogP contribution >= 0.6 is 46.9 Å². The zero-order valence-corrected chi connectivity index (χ0v) is 44.9. The Morgan fingerprint density at radius 1 is 0.468 bits per heavy atom. The van der Waals surface area contributed by atoms with Gasteiger partial charge in [-0.3, -0.25) is 28.8 Å². The highest BCUT2D eigenvalue weighted by Gasteiger charge is 2.34. The fourth-order valence-corrected chi connectivity index (χ4v) is 11.2. The van der Waals surface area contributed by atoms with Crippen molar-refractivity contribution in [1.82, 2.24) is 0 Å². The molecule has 0 spiro atoms. The van der Waals surface area contributed by atoms with Crippen molar-refractivity contribution in [3.05, 3.63) is 190 Å². The Morgan fingerprint density at radius 2 is 0.797 bits per heavy atom. The number of rotatable bonds is 19. The van der Waals surface area contributed by atoms with Crippen molar-refractivity contribution in [3.8, 4) is 23.0 Å². The molecule has 3 heterocycles. The van der Waals surface area contributed by atoms with E-state index in [2.05, 4.69) is 4.74 Å². The van der Waals surface area contributed by atoms with Gasteiger partial charge >= 0.3 is 6.36 Å². The summed E-state index contributed by atoms with van der Waals surface area (Å²) >= 11 is 9.11. The Morgan fingerprint density at radius 3 is 1.13 bits per heavy atom. The Labute approximate surface area is 469 Å². The number of aliphatic hydroxyl groups excluding tert-OH is 3. The summed E-state index contributed by atoms with van der Waals surface area (Å²) in [5.74, 6) is 0.748. The molecule has 79 heavy (non-hydrogen) atoms. The molecule has 3 N–H and O–H groups in total. The molecule has 0 aromatic heterocycles. The molecule has 6 aromatic carbocycles. The number of benzene rings is 6. The van der Waals surface area contributed by atoms with E-state index in [4.69, 9.17) is 25.8 Å². The minimum absolute atomic E-state index is 0.00131. The minimum Gasteiger partial charge on any atom is -0.491 e. The van der Waals surface area contributed by atoms with Gasteiger partial charge in [0.2, 0.25) is 0 Å². The maximum absolute atomic E-state index is 13.6. The number of halogens is 5. The molecule has 0 aliphatic carbocycles. The molecule has 3 aliphatic heterocycles. The number of ether oxygens (including phenoxy) is 4. The number of hydrogen-bond donors (Lipinski definition) is 3. The number of thioether (sulfide) groups is 3. The average molecular weight is 1160 g/mol. The number of aliphatic hydroxyl groups is 3. The first-order valence-corrected chi connectivity index (χ1v) is 27.5. The molecule has 6 atom stereocenters. The lowest BCUT2D eigenvalue weighted by atomic mass is 10.1. The van der Waals surface area contributed by atoms with Gasteiger partial charge in [-0.05, 0) is 114 Å². The molecule has 13 nitrogen and oxygen atoms in total. The predicted molar refractivity (Wildman–Crippen MR) is 291 cm³/mol. The molecule has 0 saturated carbocycles. The molecule has 0 bridgehead atoms. The molecule has 0 amide bonds. The maximum atomic E-state index is 13.6. The van der Waals surface area contributed by atoms with Gasteiger partial charge in [0.15, 0.2) is 32.7 Å². The number of ketones is 3. The fourth-order valence-electron chi connectivity index (χ4n) is 7.97. The van der Waals surface area contributed by atoms with E-state index in [9.17, 15) is 61.6 Å². The van der Waals surface area contributed by atoms with E-state index in [0.29, 0.717) is 47.1 Å². The van der Waals surface area contributed by atoms with Gasteiger partial charge in [-0.15, -0.1) is 13.2 Å². The van der Waals surface area contributed by atoms with E-state index in [0.717, 1.165) is 69.7 Å². The van der Waals surface area contributed by atoms with Crippen molar-refractivity contribution < 1.29 is 80.6 Å². The van der Waals surface area contributed by atoms with Crippen molar-refractivity contribution in [2.45, 2.75) is 78.9 Å². The van der Waals surface area contributed by atoms with Crippen LogP contribution in [0.4, 0.5) is 17.6 Å². The van der Waals surface area contributed by atoms with E-state index in [-0.39, 0.29) is 98.8 Å². The van der Waals surface area contributed by atoms with Crippen LogP contribution in [0, 0.1) is 5.82 Å². The summed E-state index contributed by atoms with van der Waals surface area (Å²) in [6, 6.07) is 39.3. The zero-order valence-electron chi connectivity index (χ0n) is 41.7. The van der Waals surface area contributed by atoms with E-state index in [1.165, 1.54) is 24.3 Å². The molecule has 9 rings (SSSR count). The van der Waals surface area contributed by atoms with Gasteiger partial charge in [-0.1, -0.05) is 126 Å².